The number of amides is 10. The lowest BCUT2D eigenvalue weighted by molar-refractivity contribution is 0.0572. The minimum atomic E-state index is -2.53. The van der Waals surface area contributed by atoms with Gasteiger partial charge in [0.1, 0.15) is 0 Å². The van der Waals surface area contributed by atoms with Gasteiger partial charge in [-0.05, 0) is 109 Å². The molecule has 10 aromatic rings. The van der Waals surface area contributed by atoms with Gasteiger partial charge in [-0.2, -0.15) is 0 Å². The van der Waals surface area contributed by atoms with E-state index in [2.05, 4.69) is 0 Å². The molecule has 2 aromatic heterocycles. The number of benzene rings is 8. The Bertz CT molecular complexity index is 6290. The third-order valence-electron chi connectivity index (χ3n) is 20.5. The van der Waals surface area contributed by atoms with E-state index in [1.54, 1.807) is 32.0 Å². The van der Waals surface area contributed by atoms with Crippen molar-refractivity contribution in [1.82, 2.24) is 34.3 Å². The van der Waals surface area contributed by atoms with Crippen LogP contribution in [0.1, 0.15) is 152 Å². The van der Waals surface area contributed by atoms with Crippen molar-refractivity contribution in [2.75, 3.05) is 47.8 Å². The fourth-order valence-corrected chi connectivity index (χ4v) is 17.0. The first-order valence-electron chi connectivity index (χ1n) is 34.0. The number of hydrogen-bond donors (Lipinski definition) is 0. The van der Waals surface area contributed by atoms with Crippen molar-refractivity contribution < 1.29 is 136 Å². The molecular weight excluding hydrogens is 1640 g/mol. The Morgan fingerprint density at radius 3 is 0.880 bits per heavy atom. The average molecular weight is 1680 g/mol. The zero-order valence-electron chi connectivity index (χ0n) is 60.6. The maximum Gasteiger partial charge on any atom is 0.263 e. The molecule has 5 aliphatic heterocycles. The highest BCUT2D eigenvalue weighted by Gasteiger charge is 2.50. The summed E-state index contributed by atoms with van der Waals surface area (Å²) in [5.41, 5.74) is -10.6. The van der Waals surface area contributed by atoms with Gasteiger partial charge >= 0.3 is 0 Å². The molecule has 117 heavy (non-hydrogen) atoms. The minimum Gasteiger partial charge on any atom is -0.309 e. The quantitative estimate of drug-likeness (QED) is 0.0385. The van der Waals surface area contributed by atoms with Gasteiger partial charge in [-0.25, -0.2) is 87.8 Å². The summed E-state index contributed by atoms with van der Waals surface area (Å²) in [6.45, 7) is 0.322. The number of likely N-dealkylation sites (N-methyl/N-ethyl adjacent to an activating group) is 2. The van der Waals surface area contributed by atoms with E-state index < -0.39 is 285 Å². The molecule has 0 bridgehead atoms. The molecule has 0 radical (unpaired) electrons. The van der Waals surface area contributed by atoms with Crippen molar-refractivity contribution in [3.8, 4) is 20.9 Å². The van der Waals surface area contributed by atoms with Crippen LogP contribution in [0.3, 0.4) is 0 Å². The molecule has 0 N–H and O–H groups in total. The molecule has 0 unspecified atom stereocenters. The summed E-state index contributed by atoms with van der Waals surface area (Å²) in [6, 6.07) is 5.71. The molecule has 39 heteroatoms. The molecule has 0 atom stereocenters. The number of hydrogen-bond acceptors (Lipinski definition) is 14. The van der Waals surface area contributed by atoms with Gasteiger partial charge in [-0.15, -0.1) is 22.7 Å². The highest BCUT2D eigenvalue weighted by atomic mass is 32.1. The number of carbonyl (C=O) groups excluding carboxylic acids is 10. The first-order valence-corrected chi connectivity index (χ1v) is 35.7. The molecule has 0 aliphatic carbocycles. The van der Waals surface area contributed by atoms with Crippen LogP contribution in [-0.2, 0) is 32.6 Å². The Hall–Kier alpha value is -12.1. The molecule has 7 heterocycles. The smallest absolute Gasteiger partial charge is 0.263 e. The zero-order chi connectivity index (χ0) is 85.6. The predicted octanol–water partition coefficient (Wildman–Crippen LogP) is 15.6. The third-order valence-corrected chi connectivity index (χ3v) is 22.8. The van der Waals surface area contributed by atoms with Crippen molar-refractivity contribution in [1.29, 1.82) is 0 Å². The van der Waals surface area contributed by atoms with Crippen molar-refractivity contribution in [2.45, 2.75) is 60.3 Å². The van der Waals surface area contributed by atoms with E-state index in [1.165, 1.54) is 20.8 Å². The minimum absolute atomic E-state index is 0.0912. The fraction of sp³-hybridized carbons (Fsp3) is 0.205. The molecule has 15 rings (SSSR count). The largest absolute Gasteiger partial charge is 0.309 e. The number of carbonyl (C=O) groups is 10. The standard InChI is InChI=1S/C40H22F10N4O6S.C38H23F10N3O4S/c1-11-7-14-21-20-15(36(56)53(37(57)18(11)20)9-16-24(41)28(45)32(49)29(46)25(16)42)8-13(34-23-19(12(2)61-34)38(58)52(40(23)60)6-5-51(3)4)22(21)39(59)54(35(14)55)10-17-26(43)30(47)33(50)31(48)27(17)44;1-12-7-16-23-22-17(36(53)50(37(54)21(12)22)10-18-25(39)29(43)33(47)30(44)26(18)40)9-15(20-8-14(13(2)56-20)5-6-49(3)4)24(23)38(55)51(35(16)52)11-19-27(41)31(45)34(48)32(46)28(19)42/h7-8H,5-6,9-10H2,1-4H3;7-9H,5-6,10-11H2,1-4H3. The topological polar surface area (TPSA) is 193 Å². The highest BCUT2D eigenvalue weighted by Crippen LogP contribution is 2.51. The van der Waals surface area contributed by atoms with E-state index in [0.717, 1.165) is 62.3 Å². The van der Waals surface area contributed by atoms with Crippen LogP contribution in [-0.4, -0.2) is 141 Å². The maximum atomic E-state index is 15.0. The van der Waals surface area contributed by atoms with Crippen LogP contribution in [0, 0.1) is 144 Å². The second-order valence-corrected chi connectivity index (χ2v) is 30.4. The Morgan fingerprint density at radius 2 is 0.547 bits per heavy atom. The van der Waals surface area contributed by atoms with Gasteiger partial charge < -0.3 is 9.80 Å². The molecule has 10 amide bonds. The summed E-state index contributed by atoms with van der Waals surface area (Å²) in [5, 5.41) is -1.55. The number of thiophene rings is 2. The second kappa shape index (κ2) is 29.0. The molecular formula is C78H45F20N7O10S2. The van der Waals surface area contributed by atoms with Crippen LogP contribution >= 0.6 is 22.7 Å². The van der Waals surface area contributed by atoms with Crippen molar-refractivity contribution >= 4 is 103 Å². The summed E-state index contributed by atoms with van der Waals surface area (Å²) in [6.07, 6.45) is 0.488. The van der Waals surface area contributed by atoms with Crippen LogP contribution < -0.4 is 0 Å². The van der Waals surface area contributed by atoms with Crippen molar-refractivity contribution in [3.05, 3.63) is 251 Å². The Morgan fingerprint density at radius 1 is 0.274 bits per heavy atom. The van der Waals surface area contributed by atoms with Crippen LogP contribution in [0.4, 0.5) is 87.8 Å². The number of rotatable bonds is 16. The SMILES string of the molecule is Cc1cc2c3c(c(-c4cc(CCN(C)C)c(C)s4)cc4c3c1C(=O)N(Cc1c(F)c(F)c(F)c(F)c1F)C4=O)C(=O)N(Cc1c(F)c(F)c(F)c(F)c1F)C2=O.Cc1cc2c3c(c(-c4sc(C)c5c4C(=O)N(CCN(C)C)C5=O)cc4c3c1C(=O)N(Cc1c(F)c(F)c(F)c(F)c1F)C4=O)C(=O)N(Cc1c(F)c(F)c(F)c(F)c1F)C2=O. The van der Waals surface area contributed by atoms with E-state index in [0.29, 0.717) is 13.0 Å². The molecule has 8 aromatic carbocycles. The first kappa shape index (κ1) is 81.5. The monoisotopic (exact) mass is 1680 g/mol. The molecule has 17 nitrogen and oxygen atoms in total. The van der Waals surface area contributed by atoms with Crippen molar-refractivity contribution in [3.63, 3.8) is 0 Å². The second-order valence-electron chi connectivity index (χ2n) is 28.0. The number of nitrogens with zero attached hydrogens (tertiary/aromatic N) is 7. The van der Waals surface area contributed by atoms with Crippen LogP contribution in [0.5, 0.6) is 0 Å². The van der Waals surface area contributed by atoms with Gasteiger partial charge in [0, 0.05) is 116 Å². The Labute approximate surface area is 650 Å². The van der Waals surface area contributed by atoms with E-state index >= 15 is 8.78 Å². The van der Waals surface area contributed by atoms with E-state index in [1.807, 2.05) is 19.0 Å². The van der Waals surface area contributed by atoms with Gasteiger partial charge in [0.05, 0.1) is 59.6 Å². The van der Waals surface area contributed by atoms with E-state index in [4.69, 9.17) is 0 Å². The van der Waals surface area contributed by atoms with E-state index in [9.17, 15) is 127 Å². The van der Waals surface area contributed by atoms with Gasteiger partial charge in [0.15, 0.2) is 93.1 Å². The van der Waals surface area contributed by atoms with Crippen LogP contribution in [0.2, 0.25) is 0 Å². The third kappa shape index (κ3) is 12.2. The molecule has 0 spiro atoms. The summed E-state index contributed by atoms with van der Waals surface area (Å²) in [7, 11) is 6.97. The number of aryl methyl sites for hydroxylation is 4. The van der Waals surface area contributed by atoms with Gasteiger partial charge in [0.25, 0.3) is 59.1 Å². The summed E-state index contributed by atoms with van der Waals surface area (Å²) >= 11 is 1.86. The lowest BCUT2D eigenvalue weighted by atomic mass is 9.80. The van der Waals surface area contributed by atoms with Crippen molar-refractivity contribution in [2.24, 2.45) is 0 Å². The number of fused-ring (bicyclic) bond motifs is 1. The zero-order valence-corrected chi connectivity index (χ0v) is 62.3. The molecule has 604 valence electrons. The molecule has 0 fully saturated rings. The van der Waals surface area contributed by atoms with E-state index in [-0.39, 0.29) is 85.9 Å². The molecule has 5 aliphatic rings. The molecule has 0 saturated carbocycles. The number of imide groups is 5. The maximum absolute atomic E-state index is 15.0. The van der Waals surface area contributed by atoms with Gasteiger partial charge in [0.2, 0.25) is 23.3 Å². The van der Waals surface area contributed by atoms with Crippen LogP contribution in [0.15, 0.2) is 30.3 Å². The summed E-state index contributed by atoms with van der Waals surface area (Å²) in [5.74, 6) is -60.0. The molecule has 0 saturated heterocycles. The lowest BCUT2D eigenvalue weighted by Crippen LogP contribution is -2.44. The lowest BCUT2D eigenvalue weighted by Gasteiger charge is -2.34. The van der Waals surface area contributed by atoms with Gasteiger partial charge in [-0.3, -0.25) is 72.4 Å². The summed E-state index contributed by atoms with van der Waals surface area (Å²) in [4.78, 5) is 148. The Kier molecular flexibility index (Phi) is 20.2. The fourth-order valence-electron chi connectivity index (χ4n) is 14.7. The number of halogens is 20. The first-order chi connectivity index (χ1) is 54.9. The van der Waals surface area contributed by atoms with Crippen LogP contribution in [0.25, 0.3) is 42.4 Å². The Balaban J connectivity index is 0.000000193. The predicted molar refractivity (Wildman–Crippen MR) is 371 cm³/mol. The van der Waals surface area contributed by atoms with Gasteiger partial charge in [-0.1, -0.05) is 0 Å². The average Bonchev–Trinajstić information content (AvgIpc) is 1.41. The summed E-state index contributed by atoms with van der Waals surface area (Å²) < 4.78 is 289. The normalized spacial score (nSPS) is 14.5. The highest BCUT2D eigenvalue weighted by molar-refractivity contribution is 7.16.